The summed E-state index contributed by atoms with van der Waals surface area (Å²) < 4.78 is 0. The van der Waals surface area contributed by atoms with Crippen molar-refractivity contribution in [3.8, 4) is 0 Å². The lowest BCUT2D eigenvalue weighted by atomic mass is 10.0. The summed E-state index contributed by atoms with van der Waals surface area (Å²) in [5.41, 5.74) is 1.97. The van der Waals surface area contributed by atoms with Gasteiger partial charge in [-0.15, -0.1) is 0 Å². The summed E-state index contributed by atoms with van der Waals surface area (Å²) in [6.07, 6.45) is 0.653. The number of aryl methyl sites for hydroxylation is 1. The number of nitrogens with one attached hydrogen (secondary N) is 2. The molecule has 0 fully saturated rings. The van der Waals surface area contributed by atoms with Gasteiger partial charge >= 0.3 is 0 Å². The molecule has 1 rings (SSSR count). The lowest BCUT2D eigenvalue weighted by Gasteiger charge is -2.25. The Morgan fingerprint density at radius 2 is 1.80 bits per heavy atom. The van der Waals surface area contributed by atoms with Gasteiger partial charge in [0, 0.05) is 18.3 Å². The van der Waals surface area contributed by atoms with Gasteiger partial charge in [-0.2, -0.15) is 0 Å². The Kier molecular flexibility index (Phi) is 6.68. The molecule has 20 heavy (non-hydrogen) atoms. The second kappa shape index (κ2) is 8.02. The Hall–Kier alpha value is -1.39. The standard InChI is InChI=1S/C16H26N2O2/c1-11(2)15(9-10-19)17-13(4)16(20)18-14-7-5-12(3)6-8-14/h5-8,11,13,15,17,19H,9-10H2,1-4H3,(H,18,20). The summed E-state index contributed by atoms with van der Waals surface area (Å²) >= 11 is 0. The monoisotopic (exact) mass is 278 g/mol. The number of hydrogen-bond acceptors (Lipinski definition) is 3. The predicted molar refractivity (Wildman–Crippen MR) is 82.7 cm³/mol. The van der Waals surface area contributed by atoms with Gasteiger partial charge in [-0.3, -0.25) is 4.79 Å². The number of amides is 1. The van der Waals surface area contributed by atoms with Crippen molar-refractivity contribution in [2.45, 2.75) is 46.2 Å². The van der Waals surface area contributed by atoms with Crippen LogP contribution in [0.15, 0.2) is 24.3 Å². The average Bonchev–Trinajstić information content (AvgIpc) is 2.40. The fourth-order valence-electron chi connectivity index (χ4n) is 2.03. The normalized spacial score (nSPS) is 14.1. The molecule has 1 aromatic carbocycles. The van der Waals surface area contributed by atoms with Gasteiger partial charge in [0.1, 0.15) is 0 Å². The van der Waals surface area contributed by atoms with Crippen LogP contribution < -0.4 is 10.6 Å². The third kappa shape index (κ3) is 5.31. The summed E-state index contributed by atoms with van der Waals surface area (Å²) in [7, 11) is 0. The van der Waals surface area contributed by atoms with Gasteiger partial charge in [0.2, 0.25) is 5.91 Å². The minimum Gasteiger partial charge on any atom is -0.396 e. The number of carbonyl (C=O) groups excluding carboxylic acids is 1. The fraction of sp³-hybridized carbons (Fsp3) is 0.562. The average molecular weight is 278 g/mol. The number of hydrogen-bond donors (Lipinski definition) is 3. The molecule has 0 heterocycles. The molecule has 0 aromatic heterocycles. The molecular formula is C16H26N2O2. The molecule has 0 saturated heterocycles. The highest BCUT2D eigenvalue weighted by Crippen LogP contribution is 2.10. The maximum absolute atomic E-state index is 12.1. The molecule has 0 saturated carbocycles. The van der Waals surface area contributed by atoms with E-state index in [-0.39, 0.29) is 24.6 Å². The zero-order valence-electron chi connectivity index (χ0n) is 12.8. The summed E-state index contributed by atoms with van der Waals surface area (Å²) in [6.45, 7) is 8.15. The van der Waals surface area contributed by atoms with Crippen molar-refractivity contribution >= 4 is 11.6 Å². The Balaban J connectivity index is 2.55. The predicted octanol–water partition coefficient (Wildman–Crippen LogP) is 2.32. The van der Waals surface area contributed by atoms with Gasteiger partial charge < -0.3 is 15.7 Å². The van der Waals surface area contributed by atoms with E-state index in [1.165, 1.54) is 0 Å². The Labute approximate surface area is 121 Å². The van der Waals surface area contributed by atoms with E-state index in [1.54, 1.807) is 0 Å². The minimum atomic E-state index is -0.296. The number of aliphatic hydroxyl groups is 1. The molecule has 0 spiro atoms. The summed E-state index contributed by atoms with van der Waals surface area (Å²) in [4.78, 5) is 12.1. The second-order valence-corrected chi connectivity index (χ2v) is 5.61. The molecule has 1 amide bonds. The van der Waals surface area contributed by atoms with Crippen molar-refractivity contribution in [2.75, 3.05) is 11.9 Å². The highest BCUT2D eigenvalue weighted by atomic mass is 16.3. The molecule has 2 atom stereocenters. The van der Waals surface area contributed by atoms with E-state index in [1.807, 2.05) is 38.1 Å². The summed E-state index contributed by atoms with van der Waals surface area (Å²) in [5.74, 6) is 0.314. The zero-order chi connectivity index (χ0) is 15.1. The SMILES string of the molecule is Cc1ccc(NC(=O)C(C)NC(CCO)C(C)C)cc1. The van der Waals surface area contributed by atoms with Crippen LogP contribution in [0, 0.1) is 12.8 Å². The first kappa shape index (κ1) is 16.7. The van der Waals surface area contributed by atoms with Crippen LogP contribution in [0.1, 0.15) is 32.8 Å². The van der Waals surface area contributed by atoms with Crippen LogP contribution in [0.25, 0.3) is 0 Å². The third-order valence-corrected chi connectivity index (χ3v) is 3.42. The maximum atomic E-state index is 12.1. The van der Waals surface area contributed by atoms with E-state index in [9.17, 15) is 4.79 Å². The molecule has 0 aliphatic heterocycles. The van der Waals surface area contributed by atoms with Gasteiger partial charge in [-0.1, -0.05) is 31.5 Å². The molecule has 3 N–H and O–H groups in total. The highest BCUT2D eigenvalue weighted by Gasteiger charge is 2.19. The van der Waals surface area contributed by atoms with Gasteiger partial charge in [-0.25, -0.2) is 0 Å². The summed E-state index contributed by atoms with van der Waals surface area (Å²) in [5, 5.41) is 15.2. The van der Waals surface area contributed by atoms with E-state index in [0.717, 1.165) is 11.3 Å². The van der Waals surface area contributed by atoms with Crippen molar-refractivity contribution in [3.05, 3.63) is 29.8 Å². The zero-order valence-corrected chi connectivity index (χ0v) is 12.8. The van der Waals surface area contributed by atoms with Crippen molar-refractivity contribution in [2.24, 2.45) is 5.92 Å². The molecule has 0 aliphatic carbocycles. The van der Waals surface area contributed by atoms with E-state index in [2.05, 4.69) is 24.5 Å². The smallest absolute Gasteiger partial charge is 0.241 e. The lowest BCUT2D eigenvalue weighted by Crippen LogP contribution is -2.46. The van der Waals surface area contributed by atoms with Crippen molar-refractivity contribution in [1.29, 1.82) is 0 Å². The first-order valence-corrected chi connectivity index (χ1v) is 7.18. The van der Waals surface area contributed by atoms with Crippen LogP contribution in [0.2, 0.25) is 0 Å². The van der Waals surface area contributed by atoms with Crippen LogP contribution in [-0.2, 0) is 4.79 Å². The fourth-order valence-corrected chi connectivity index (χ4v) is 2.03. The maximum Gasteiger partial charge on any atom is 0.241 e. The van der Waals surface area contributed by atoms with Crippen LogP contribution in [0.3, 0.4) is 0 Å². The molecule has 112 valence electrons. The molecule has 2 unspecified atom stereocenters. The first-order valence-electron chi connectivity index (χ1n) is 7.18. The Morgan fingerprint density at radius 3 is 2.30 bits per heavy atom. The summed E-state index contributed by atoms with van der Waals surface area (Å²) in [6, 6.07) is 7.57. The van der Waals surface area contributed by atoms with Crippen molar-refractivity contribution in [1.82, 2.24) is 5.32 Å². The Bertz CT molecular complexity index is 415. The highest BCUT2D eigenvalue weighted by molar-refractivity contribution is 5.94. The van der Waals surface area contributed by atoms with Crippen LogP contribution in [0.5, 0.6) is 0 Å². The minimum absolute atomic E-state index is 0.0579. The molecule has 4 heteroatoms. The number of anilines is 1. The van der Waals surface area contributed by atoms with Gasteiger partial charge in [-0.05, 0) is 38.3 Å². The first-order chi connectivity index (χ1) is 9.43. The second-order valence-electron chi connectivity index (χ2n) is 5.61. The topological polar surface area (TPSA) is 61.4 Å². The number of rotatable bonds is 7. The molecule has 4 nitrogen and oxygen atoms in total. The molecule has 0 bridgehead atoms. The van der Waals surface area contributed by atoms with Crippen molar-refractivity contribution in [3.63, 3.8) is 0 Å². The van der Waals surface area contributed by atoms with E-state index < -0.39 is 0 Å². The van der Waals surface area contributed by atoms with Gasteiger partial charge in [0.15, 0.2) is 0 Å². The number of benzene rings is 1. The molecule has 0 aliphatic rings. The van der Waals surface area contributed by atoms with E-state index in [0.29, 0.717) is 12.3 Å². The van der Waals surface area contributed by atoms with Crippen molar-refractivity contribution < 1.29 is 9.90 Å². The van der Waals surface area contributed by atoms with Gasteiger partial charge in [0.25, 0.3) is 0 Å². The lowest BCUT2D eigenvalue weighted by molar-refractivity contribution is -0.118. The molecule has 1 aromatic rings. The van der Waals surface area contributed by atoms with E-state index >= 15 is 0 Å². The van der Waals surface area contributed by atoms with Crippen LogP contribution in [0.4, 0.5) is 5.69 Å². The van der Waals surface area contributed by atoms with Crippen LogP contribution in [-0.4, -0.2) is 29.7 Å². The number of aliphatic hydroxyl groups excluding tert-OH is 1. The largest absolute Gasteiger partial charge is 0.396 e. The molecule has 0 radical (unpaired) electrons. The third-order valence-electron chi connectivity index (χ3n) is 3.42. The van der Waals surface area contributed by atoms with Crippen LogP contribution >= 0.6 is 0 Å². The molecular weight excluding hydrogens is 252 g/mol. The Morgan fingerprint density at radius 1 is 1.20 bits per heavy atom. The van der Waals surface area contributed by atoms with Gasteiger partial charge in [0.05, 0.1) is 6.04 Å². The quantitative estimate of drug-likeness (QED) is 0.717. The van der Waals surface area contributed by atoms with E-state index in [4.69, 9.17) is 5.11 Å². The number of carbonyl (C=O) groups is 1.